The lowest BCUT2D eigenvalue weighted by Gasteiger charge is -2.07. The van der Waals surface area contributed by atoms with Gasteiger partial charge >= 0.3 is 5.97 Å². The van der Waals surface area contributed by atoms with E-state index in [4.69, 9.17) is 10.2 Å². The Balaban J connectivity index is 2.31. The van der Waals surface area contributed by atoms with Gasteiger partial charge in [-0.05, 0) is 12.1 Å². The van der Waals surface area contributed by atoms with Crippen LogP contribution in [0, 0.1) is 11.6 Å². The van der Waals surface area contributed by atoms with Gasteiger partial charge in [0.05, 0.1) is 5.75 Å². The second-order valence-corrected chi connectivity index (χ2v) is 4.87. The molecule has 0 unspecified atom stereocenters. The Hall–Kier alpha value is -1.67. The molecule has 0 saturated heterocycles. The number of carboxylic acids is 1. The molecule has 0 saturated carbocycles. The molecule has 1 aromatic rings. The minimum absolute atomic E-state index is 0.00123. The summed E-state index contributed by atoms with van der Waals surface area (Å²) in [5.41, 5.74) is 0. The van der Waals surface area contributed by atoms with Crippen LogP contribution >= 0.6 is 11.8 Å². The van der Waals surface area contributed by atoms with Crippen LogP contribution in [0.15, 0.2) is 23.1 Å². The third kappa shape index (κ3) is 5.54. The first-order chi connectivity index (χ1) is 9.40. The Morgan fingerprint density at radius 2 is 2.05 bits per heavy atom. The van der Waals surface area contributed by atoms with Gasteiger partial charge in [0, 0.05) is 23.9 Å². The van der Waals surface area contributed by atoms with Crippen LogP contribution in [0.3, 0.4) is 0 Å². The molecule has 5 nitrogen and oxygen atoms in total. The summed E-state index contributed by atoms with van der Waals surface area (Å²) < 4.78 is 25.9. The largest absolute Gasteiger partial charge is 0.479 e. The molecule has 0 radical (unpaired) electrons. The third-order valence-electron chi connectivity index (χ3n) is 2.28. The van der Waals surface area contributed by atoms with Crippen molar-refractivity contribution in [1.29, 1.82) is 0 Å². The molecule has 20 heavy (non-hydrogen) atoms. The quantitative estimate of drug-likeness (QED) is 0.655. The summed E-state index contributed by atoms with van der Waals surface area (Å²) in [7, 11) is 0. The number of amides is 1. The predicted octanol–water partition coefficient (Wildman–Crippen LogP) is 1.01. The maximum Gasteiger partial charge on any atom is 0.332 e. The van der Waals surface area contributed by atoms with E-state index in [0.29, 0.717) is 0 Å². The maximum absolute atomic E-state index is 13.3. The highest BCUT2D eigenvalue weighted by Gasteiger charge is 2.13. The molecule has 3 N–H and O–H groups in total. The number of carboxylic acid groups (broad SMARTS) is 1. The Labute approximate surface area is 118 Å². The van der Waals surface area contributed by atoms with E-state index in [1.165, 1.54) is 6.07 Å². The Morgan fingerprint density at radius 3 is 2.65 bits per heavy atom. The molecule has 0 bridgehead atoms. The molecule has 0 heterocycles. The molecule has 110 valence electrons. The Bertz CT molecular complexity index is 498. The fourth-order valence-electron chi connectivity index (χ4n) is 1.26. The third-order valence-corrected chi connectivity index (χ3v) is 3.33. The number of hydrogen-bond acceptors (Lipinski definition) is 4. The first-order valence-corrected chi connectivity index (χ1v) is 6.64. The molecular weight excluding hydrogens is 292 g/mol. The van der Waals surface area contributed by atoms with Crippen molar-refractivity contribution < 1.29 is 28.6 Å². The second kappa shape index (κ2) is 7.81. The van der Waals surface area contributed by atoms with Gasteiger partial charge in [-0.15, -0.1) is 11.8 Å². The van der Waals surface area contributed by atoms with Crippen LogP contribution in [0.2, 0.25) is 0 Å². The summed E-state index contributed by atoms with van der Waals surface area (Å²) in [5.74, 6) is -3.33. The second-order valence-electron chi connectivity index (χ2n) is 3.86. The van der Waals surface area contributed by atoms with Crippen molar-refractivity contribution in [2.75, 3.05) is 12.3 Å². The number of benzene rings is 1. The molecule has 0 aliphatic heterocycles. The van der Waals surface area contributed by atoms with E-state index in [0.717, 1.165) is 23.9 Å². The summed E-state index contributed by atoms with van der Waals surface area (Å²) in [4.78, 5) is 21.8. The van der Waals surface area contributed by atoms with Crippen LogP contribution in [-0.4, -0.2) is 40.5 Å². The number of carbonyl (C=O) groups excluding carboxylic acids is 1. The molecule has 1 amide bonds. The van der Waals surface area contributed by atoms with Crippen molar-refractivity contribution in [2.24, 2.45) is 0 Å². The first-order valence-electron chi connectivity index (χ1n) is 5.65. The van der Waals surface area contributed by atoms with Crippen molar-refractivity contribution in [3.8, 4) is 0 Å². The van der Waals surface area contributed by atoms with Crippen LogP contribution in [0.25, 0.3) is 0 Å². The average Bonchev–Trinajstić information content (AvgIpc) is 2.37. The first kappa shape index (κ1) is 16.4. The smallest absolute Gasteiger partial charge is 0.332 e. The van der Waals surface area contributed by atoms with E-state index >= 15 is 0 Å². The number of nitrogens with one attached hydrogen (secondary N) is 1. The number of rotatable bonds is 7. The minimum atomic E-state index is -1.53. The van der Waals surface area contributed by atoms with E-state index in [1.54, 1.807) is 0 Å². The molecular formula is C12H13F2NO4S. The van der Waals surface area contributed by atoms with E-state index in [9.17, 15) is 18.4 Å². The SMILES string of the molecule is O=C(CSc1ccc(F)cc1F)NCC[C@H](O)C(=O)O. The van der Waals surface area contributed by atoms with Crippen molar-refractivity contribution in [2.45, 2.75) is 17.4 Å². The highest BCUT2D eigenvalue weighted by Crippen LogP contribution is 2.21. The van der Waals surface area contributed by atoms with Crippen molar-refractivity contribution in [3.05, 3.63) is 29.8 Å². The average molecular weight is 305 g/mol. The molecule has 0 aromatic heterocycles. The zero-order chi connectivity index (χ0) is 15.1. The standard InChI is InChI=1S/C12H13F2NO4S/c13-7-1-2-10(8(14)5-7)20-6-11(17)15-4-3-9(16)12(18)19/h1-2,5,9,16H,3-4,6H2,(H,15,17)(H,18,19)/t9-/m0/s1. The fourth-order valence-corrected chi connectivity index (χ4v) is 2.01. The molecule has 1 atom stereocenters. The topological polar surface area (TPSA) is 86.6 Å². The molecule has 8 heteroatoms. The number of thioether (sulfide) groups is 1. The van der Waals surface area contributed by atoms with Gasteiger partial charge < -0.3 is 15.5 Å². The zero-order valence-corrected chi connectivity index (χ0v) is 11.1. The molecule has 0 fully saturated rings. The summed E-state index contributed by atoms with van der Waals surface area (Å²) in [5, 5.41) is 19.8. The van der Waals surface area contributed by atoms with Gasteiger partial charge in [0.1, 0.15) is 11.6 Å². The molecule has 1 rings (SSSR count). The number of aliphatic hydroxyl groups excluding tert-OH is 1. The maximum atomic E-state index is 13.3. The number of hydrogen-bond donors (Lipinski definition) is 3. The van der Waals surface area contributed by atoms with Crippen LogP contribution < -0.4 is 5.32 Å². The van der Waals surface area contributed by atoms with Gasteiger partial charge in [-0.25, -0.2) is 13.6 Å². The Kier molecular flexibility index (Phi) is 6.40. The summed E-state index contributed by atoms with van der Waals surface area (Å²) in [6.07, 6.45) is -1.64. The van der Waals surface area contributed by atoms with E-state index in [1.807, 2.05) is 0 Å². The monoisotopic (exact) mass is 305 g/mol. The lowest BCUT2D eigenvalue weighted by molar-refractivity contribution is -0.147. The van der Waals surface area contributed by atoms with Crippen molar-refractivity contribution in [3.63, 3.8) is 0 Å². The normalized spacial score (nSPS) is 11.9. The van der Waals surface area contributed by atoms with Crippen molar-refractivity contribution >= 4 is 23.6 Å². The molecule has 0 aliphatic rings. The molecule has 0 spiro atoms. The number of halogens is 2. The molecule has 1 aromatic carbocycles. The highest BCUT2D eigenvalue weighted by molar-refractivity contribution is 8.00. The number of aliphatic carboxylic acids is 1. The zero-order valence-electron chi connectivity index (χ0n) is 10.3. The summed E-state index contributed by atoms with van der Waals surface area (Å²) >= 11 is 0.896. The van der Waals surface area contributed by atoms with Gasteiger partial charge in [0.2, 0.25) is 5.91 Å². The number of carbonyl (C=O) groups is 2. The lowest BCUT2D eigenvalue weighted by atomic mass is 10.2. The van der Waals surface area contributed by atoms with E-state index in [2.05, 4.69) is 5.32 Å². The van der Waals surface area contributed by atoms with Gasteiger partial charge in [0.25, 0.3) is 0 Å². The molecule has 0 aliphatic carbocycles. The number of aliphatic hydroxyl groups is 1. The van der Waals surface area contributed by atoms with E-state index in [-0.39, 0.29) is 23.6 Å². The van der Waals surface area contributed by atoms with Gasteiger partial charge in [-0.3, -0.25) is 4.79 Å². The lowest BCUT2D eigenvalue weighted by Crippen LogP contribution is -2.31. The fraction of sp³-hybridized carbons (Fsp3) is 0.333. The van der Waals surface area contributed by atoms with Gasteiger partial charge in [-0.1, -0.05) is 0 Å². The van der Waals surface area contributed by atoms with Crippen LogP contribution in [-0.2, 0) is 9.59 Å². The minimum Gasteiger partial charge on any atom is -0.479 e. The summed E-state index contributed by atoms with van der Waals surface area (Å²) in [6, 6.07) is 3.05. The Morgan fingerprint density at radius 1 is 1.35 bits per heavy atom. The van der Waals surface area contributed by atoms with Crippen LogP contribution in [0.4, 0.5) is 8.78 Å². The predicted molar refractivity (Wildman–Crippen MR) is 68.4 cm³/mol. The summed E-state index contributed by atoms with van der Waals surface area (Å²) in [6.45, 7) is -0.00123. The van der Waals surface area contributed by atoms with Crippen molar-refractivity contribution in [1.82, 2.24) is 5.32 Å². The van der Waals surface area contributed by atoms with Gasteiger partial charge in [-0.2, -0.15) is 0 Å². The highest BCUT2D eigenvalue weighted by atomic mass is 32.2. The van der Waals surface area contributed by atoms with Crippen LogP contribution in [0.5, 0.6) is 0 Å². The van der Waals surface area contributed by atoms with Crippen LogP contribution in [0.1, 0.15) is 6.42 Å². The van der Waals surface area contributed by atoms with Gasteiger partial charge in [0.15, 0.2) is 6.10 Å². The van der Waals surface area contributed by atoms with E-state index < -0.39 is 29.6 Å².